The Balaban J connectivity index is 2.06. The topological polar surface area (TPSA) is 62.1 Å². The molecular weight excluding hydrogens is 371 g/mol. The molecule has 0 unspecified atom stereocenters. The highest BCUT2D eigenvalue weighted by Gasteiger charge is 2.34. The number of nitrogens with zero attached hydrogens (tertiary/aromatic N) is 1. The number of benzene rings is 2. The fraction of sp³-hybridized carbons (Fsp3) is 0.222. The Hall–Kier alpha value is -3.15. The largest absolute Gasteiger partial charge is 0.491 e. The zero-order chi connectivity index (χ0) is 20.2. The van der Waals surface area contributed by atoms with E-state index in [0.717, 1.165) is 12.1 Å². The van der Waals surface area contributed by atoms with Gasteiger partial charge in [-0.2, -0.15) is 18.4 Å². The number of ether oxygens (including phenoxy) is 1. The first-order valence-corrected chi connectivity index (χ1v) is 7.62. The number of para-hydroxylation sites is 1. The molecule has 0 heterocycles. The average molecular weight is 384 g/mol. The van der Waals surface area contributed by atoms with Gasteiger partial charge < -0.3 is 10.1 Å². The summed E-state index contributed by atoms with van der Waals surface area (Å²) in [6.45, 7) is 1.03. The zero-order valence-corrected chi connectivity index (χ0v) is 13.9. The normalized spacial score (nSPS) is 12.2. The molecule has 1 N–H and O–H groups in total. The highest BCUT2D eigenvalue weighted by molar-refractivity contribution is 5.95. The first-order valence-electron chi connectivity index (χ1n) is 7.62. The van der Waals surface area contributed by atoms with E-state index >= 15 is 0 Å². The molecule has 2 aromatic carbocycles. The van der Waals surface area contributed by atoms with Crippen molar-refractivity contribution >= 4 is 5.91 Å². The Morgan fingerprint density at radius 3 is 2.37 bits per heavy atom. The van der Waals surface area contributed by atoms with Crippen LogP contribution in [0.5, 0.6) is 5.75 Å². The van der Waals surface area contributed by atoms with E-state index in [2.05, 4.69) is 5.32 Å². The van der Waals surface area contributed by atoms with E-state index in [-0.39, 0.29) is 12.2 Å². The Morgan fingerprint density at radius 1 is 1.22 bits per heavy atom. The van der Waals surface area contributed by atoms with Crippen molar-refractivity contribution in [1.82, 2.24) is 5.32 Å². The summed E-state index contributed by atoms with van der Waals surface area (Å²) in [5.74, 6) is -3.99. The molecule has 0 radical (unpaired) electrons. The van der Waals surface area contributed by atoms with Gasteiger partial charge in [-0.15, -0.1) is 0 Å². The summed E-state index contributed by atoms with van der Waals surface area (Å²) in [5.41, 5.74) is -2.16. The van der Waals surface area contributed by atoms with Gasteiger partial charge >= 0.3 is 6.18 Å². The maximum absolute atomic E-state index is 13.8. The molecule has 0 aliphatic heterocycles. The van der Waals surface area contributed by atoms with E-state index in [9.17, 15) is 26.7 Å². The highest BCUT2D eigenvalue weighted by atomic mass is 19.4. The summed E-state index contributed by atoms with van der Waals surface area (Å²) < 4.78 is 71.4. The molecule has 0 bridgehead atoms. The standard InChI is InChI=1S/C18H13F5N2O2/c1-10(9-27-15-5-3-2-4-12(15)18(21,22)23)25-17(26)16-13(19)6-11(8-24)7-14(16)20/h2-7,10H,9H2,1H3,(H,25,26)/t10-/m1/s1. The van der Waals surface area contributed by atoms with Crippen LogP contribution >= 0.6 is 0 Å². The lowest BCUT2D eigenvalue weighted by atomic mass is 10.1. The first-order chi connectivity index (χ1) is 12.6. The molecule has 1 amide bonds. The Labute approximate surface area is 151 Å². The molecule has 0 aromatic heterocycles. The molecule has 9 heteroatoms. The molecular formula is C18H13F5N2O2. The van der Waals surface area contributed by atoms with E-state index in [1.807, 2.05) is 0 Å². The van der Waals surface area contributed by atoms with E-state index in [1.165, 1.54) is 19.1 Å². The third kappa shape index (κ3) is 4.94. The van der Waals surface area contributed by atoms with E-state index in [0.29, 0.717) is 12.1 Å². The van der Waals surface area contributed by atoms with Crippen molar-refractivity contribution in [3.63, 3.8) is 0 Å². The minimum Gasteiger partial charge on any atom is -0.491 e. The number of rotatable bonds is 5. The van der Waals surface area contributed by atoms with Gasteiger partial charge in [0.05, 0.1) is 23.2 Å². The molecule has 0 saturated carbocycles. The minimum atomic E-state index is -4.61. The third-order valence-electron chi connectivity index (χ3n) is 3.46. The van der Waals surface area contributed by atoms with E-state index < -0.39 is 46.6 Å². The highest BCUT2D eigenvalue weighted by Crippen LogP contribution is 2.35. The van der Waals surface area contributed by atoms with Gasteiger partial charge in [0.1, 0.15) is 29.6 Å². The molecule has 0 saturated heterocycles. The van der Waals surface area contributed by atoms with Crippen molar-refractivity contribution in [2.75, 3.05) is 6.61 Å². The maximum atomic E-state index is 13.8. The third-order valence-corrected chi connectivity index (χ3v) is 3.46. The quantitative estimate of drug-likeness (QED) is 0.791. The summed E-state index contributed by atoms with van der Waals surface area (Å²) in [4.78, 5) is 12.0. The van der Waals surface area contributed by atoms with Crippen molar-refractivity contribution in [3.8, 4) is 11.8 Å². The number of nitriles is 1. The summed E-state index contributed by atoms with van der Waals surface area (Å²) in [6.07, 6.45) is -4.61. The van der Waals surface area contributed by atoms with Gasteiger partial charge in [-0.1, -0.05) is 12.1 Å². The molecule has 1 atom stereocenters. The molecule has 27 heavy (non-hydrogen) atoms. The van der Waals surface area contributed by atoms with Crippen molar-refractivity contribution in [3.05, 3.63) is 64.7 Å². The smallest absolute Gasteiger partial charge is 0.419 e. The van der Waals surface area contributed by atoms with Crippen LogP contribution in [0.3, 0.4) is 0 Å². The molecule has 0 fully saturated rings. The number of hydrogen-bond donors (Lipinski definition) is 1. The second-order valence-corrected chi connectivity index (χ2v) is 5.61. The van der Waals surface area contributed by atoms with Crippen molar-refractivity contribution in [2.45, 2.75) is 19.1 Å². The van der Waals surface area contributed by atoms with Gasteiger partial charge in [-0.3, -0.25) is 4.79 Å². The average Bonchev–Trinajstić information content (AvgIpc) is 2.58. The number of carbonyl (C=O) groups excluding carboxylic acids is 1. The van der Waals surface area contributed by atoms with Crippen LogP contribution in [0.1, 0.15) is 28.4 Å². The van der Waals surface area contributed by atoms with E-state index in [4.69, 9.17) is 10.00 Å². The predicted molar refractivity (Wildman–Crippen MR) is 84.9 cm³/mol. The van der Waals surface area contributed by atoms with Gasteiger partial charge in [-0.05, 0) is 31.2 Å². The van der Waals surface area contributed by atoms with Crippen LogP contribution in [0.15, 0.2) is 36.4 Å². The summed E-state index contributed by atoms with van der Waals surface area (Å²) in [5, 5.41) is 10.9. The molecule has 0 aliphatic rings. The molecule has 142 valence electrons. The Morgan fingerprint density at radius 2 is 1.81 bits per heavy atom. The van der Waals surface area contributed by atoms with Crippen LogP contribution in [0, 0.1) is 23.0 Å². The molecule has 2 rings (SSSR count). The maximum Gasteiger partial charge on any atom is 0.419 e. The number of carbonyl (C=O) groups is 1. The number of halogens is 5. The van der Waals surface area contributed by atoms with Gasteiger partial charge in [0, 0.05) is 0 Å². The van der Waals surface area contributed by atoms with Crippen LogP contribution in [-0.2, 0) is 6.18 Å². The summed E-state index contributed by atoms with van der Waals surface area (Å²) >= 11 is 0. The lowest BCUT2D eigenvalue weighted by Crippen LogP contribution is -2.37. The van der Waals surface area contributed by atoms with Crippen molar-refractivity contribution < 1.29 is 31.5 Å². The van der Waals surface area contributed by atoms with E-state index in [1.54, 1.807) is 6.07 Å². The second-order valence-electron chi connectivity index (χ2n) is 5.61. The van der Waals surface area contributed by atoms with Crippen LogP contribution in [0.2, 0.25) is 0 Å². The van der Waals surface area contributed by atoms with Crippen LogP contribution < -0.4 is 10.1 Å². The predicted octanol–water partition coefficient (Wildman–Crippen LogP) is 4.05. The number of nitrogens with one attached hydrogen (secondary N) is 1. The van der Waals surface area contributed by atoms with Gasteiger partial charge in [0.25, 0.3) is 5.91 Å². The fourth-order valence-corrected chi connectivity index (χ4v) is 2.23. The SMILES string of the molecule is C[C@H](COc1ccccc1C(F)(F)F)NC(=O)c1c(F)cc(C#N)cc1F. The molecule has 2 aromatic rings. The van der Waals surface area contributed by atoms with Crippen LogP contribution in [0.25, 0.3) is 0 Å². The number of alkyl halides is 3. The second kappa shape index (κ2) is 8.03. The summed E-state index contributed by atoms with van der Waals surface area (Å²) in [6, 6.07) is 6.64. The van der Waals surface area contributed by atoms with Gasteiger partial charge in [-0.25, -0.2) is 8.78 Å². The summed E-state index contributed by atoms with van der Waals surface area (Å²) in [7, 11) is 0. The lowest BCUT2D eigenvalue weighted by Gasteiger charge is -2.18. The molecule has 0 aliphatic carbocycles. The Kier molecular flexibility index (Phi) is 6.00. The van der Waals surface area contributed by atoms with Crippen LogP contribution in [0.4, 0.5) is 22.0 Å². The zero-order valence-electron chi connectivity index (χ0n) is 13.9. The van der Waals surface area contributed by atoms with Crippen molar-refractivity contribution in [1.29, 1.82) is 5.26 Å². The Bertz CT molecular complexity index is 867. The molecule has 0 spiro atoms. The fourth-order valence-electron chi connectivity index (χ4n) is 2.23. The minimum absolute atomic E-state index is 0.290. The molecule has 4 nitrogen and oxygen atoms in total. The monoisotopic (exact) mass is 384 g/mol. The number of hydrogen-bond acceptors (Lipinski definition) is 3. The number of amides is 1. The van der Waals surface area contributed by atoms with Gasteiger partial charge in [0.2, 0.25) is 0 Å². The first kappa shape index (κ1) is 20.2. The lowest BCUT2D eigenvalue weighted by molar-refractivity contribution is -0.139. The van der Waals surface area contributed by atoms with Gasteiger partial charge in [0.15, 0.2) is 0 Å². The van der Waals surface area contributed by atoms with Crippen molar-refractivity contribution in [2.24, 2.45) is 0 Å². The van der Waals surface area contributed by atoms with Crippen LogP contribution in [-0.4, -0.2) is 18.6 Å².